The van der Waals surface area contributed by atoms with Crippen LogP contribution in [-0.4, -0.2) is 57.9 Å². The molecule has 4 N–H and O–H groups in total. The number of aliphatic hydroxyl groups excluding tert-OH is 4. The second-order valence-corrected chi connectivity index (χ2v) is 7.16. The van der Waals surface area contributed by atoms with Gasteiger partial charge in [-0.2, -0.15) is 0 Å². The minimum atomic E-state index is -0.390. The summed E-state index contributed by atoms with van der Waals surface area (Å²) in [5.74, 6) is -0.264. The fourth-order valence-electron chi connectivity index (χ4n) is 2.97. The van der Waals surface area contributed by atoms with Gasteiger partial charge >= 0.3 is 5.97 Å². The zero-order valence-electron chi connectivity index (χ0n) is 16.4. The molecule has 0 aromatic rings. The Labute approximate surface area is 158 Å². The van der Waals surface area contributed by atoms with Gasteiger partial charge in [0.05, 0.1) is 24.9 Å². The highest BCUT2D eigenvalue weighted by Gasteiger charge is 2.10. The second-order valence-electron chi connectivity index (χ2n) is 7.16. The van der Waals surface area contributed by atoms with Gasteiger partial charge in [0.2, 0.25) is 0 Å². The van der Waals surface area contributed by atoms with Gasteiger partial charge in [-0.25, -0.2) is 0 Å². The number of rotatable bonds is 18. The minimum Gasteiger partial charge on any atom is -0.463 e. The molecule has 3 unspecified atom stereocenters. The summed E-state index contributed by atoms with van der Waals surface area (Å²) in [6.45, 7) is 1.97. The van der Waals surface area contributed by atoms with Gasteiger partial charge in [0.1, 0.15) is 6.61 Å². The number of carbonyl (C=O) groups excluding carboxylic acids is 1. The highest BCUT2D eigenvalue weighted by Crippen LogP contribution is 2.15. The molecule has 0 saturated heterocycles. The van der Waals surface area contributed by atoms with Crippen molar-refractivity contribution in [3.05, 3.63) is 0 Å². The Morgan fingerprint density at radius 3 is 1.92 bits per heavy atom. The van der Waals surface area contributed by atoms with E-state index in [2.05, 4.69) is 0 Å². The first kappa shape index (κ1) is 25.3. The van der Waals surface area contributed by atoms with E-state index in [1.165, 1.54) is 0 Å². The minimum absolute atomic E-state index is 0.0685. The quantitative estimate of drug-likeness (QED) is 0.216. The molecule has 0 rings (SSSR count). The van der Waals surface area contributed by atoms with E-state index in [9.17, 15) is 20.1 Å². The first-order chi connectivity index (χ1) is 12.5. The van der Waals surface area contributed by atoms with Crippen molar-refractivity contribution < 1.29 is 30.0 Å². The van der Waals surface area contributed by atoms with E-state index in [4.69, 9.17) is 9.84 Å². The summed E-state index contributed by atoms with van der Waals surface area (Å²) in [4.78, 5) is 11.2. The molecule has 0 aromatic heterocycles. The number of hydrogen-bond donors (Lipinski definition) is 4. The van der Waals surface area contributed by atoms with E-state index >= 15 is 0 Å². The lowest BCUT2D eigenvalue weighted by Crippen LogP contribution is -2.14. The van der Waals surface area contributed by atoms with Crippen LogP contribution in [0.5, 0.6) is 0 Å². The van der Waals surface area contributed by atoms with Gasteiger partial charge in [-0.05, 0) is 51.4 Å². The van der Waals surface area contributed by atoms with Crippen LogP contribution >= 0.6 is 0 Å². The molecule has 0 radical (unpaired) electrons. The molecular formula is C20H40O6. The zero-order chi connectivity index (χ0) is 19.6. The van der Waals surface area contributed by atoms with Crippen LogP contribution in [0.4, 0.5) is 0 Å². The van der Waals surface area contributed by atoms with Crippen LogP contribution < -0.4 is 0 Å². The molecule has 0 fully saturated rings. The topological polar surface area (TPSA) is 107 Å². The van der Waals surface area contributed by atoms with Crippen molar-refractivity contribution >= 4 is 5.97 Å². The Kier molecular flexibility index (Phi) is 17.2. The summed E-state index contributed by atoms with van der Waals surface area (Å²) in [5.41, 5.74) is 0. The van der Waals surface area contributed by atoms with Crippen molar-refractivity contribution in [3.8, 4) is 0 Å². The van der Waals surface area contributed by atoms with Gasteiger partial charge in [-0.15, -0.1) is 0 Å². The highest BCUT2D eigenvalue weighted by molar-refractivity contribution is 5.69. The maximum atomic E-state index is 11.2. The van der Waals surface area contributed by atoms with E-state index in [1.54, 1.807) is 0 Å². The van der Waals surface area contributed by atoms with Crippen LogP contribution in [0.3, 0.4) is 0 Å². The monoisotopic (exact) mass is 376 g/mol. The lowest BCUT2D eigenvalue weighted by Gasteiger charge is -2.15. The Hall–Kier alpha value is -0.690. The summed E-state index contributed by atoms with van der Waals surface area (Å²) >= 11 is 0. The van der Waals surface area contributed by atoms with E-state index in [0.29, 0.717) is 32.1 Å². The fraction of sp³-hybridized carbons (Fsp3) is 0.950. The number of ether oxygens (including phenoxy) is 1. The molecule has 0 aliphatic heterocycles. The molecule has 0 aliphatic carbocycles. The molecule has 0 amide bonds. The zero-order valence-corrected chi connectivity index (χ0v) is 16.4. The average Bonchev–Trinajstić information content (AvgIpc) is 2.61. The molecule has 3 atom stereocenters. The van der Waals surface area contributed by atoms with Gasteiger partial charge in [-0.3, -0.25) is 4.79 Å². The largest absolute Gasteiger partial charge is 0.463 e. The average molecular weight is 377 g/mol. The van der Waals surface area contributed by atoms with Crippen LogP contribution in [0.15, 0.2) is 0 Å². The third-order valence-electron chi connectivity index (χ3n) is 4.55. The van der Waals surface area contributed by atoms with Crippen molar-refractivity contribution in [1.29, 1.82) is 0 Å². The maximum Gasteiger partial charge on any atom is 0.305 e. The third-order valence-corrected chi connectivity index (χ3v) is 4.55. The normalized spacial score (nSPS) is 14.8. The SMILES string of the molecule is CCCC(O)CCC(O)CCCC(O)CCCCCCC(=O)OCCO. The molecule has 0 heterocycles. The summed E-state index contributed by atoms with van der Waals surface area (Å²) < 4.78 is 4.78. The van der Waals surface area contributed by atoms with Crippen LogP contribution in [0.25, 0.3) is 0 Å². The molecular weight excluding hydrogens is 336 g/mol. The van der Waals surface area contributed by atoms with E-state index in [0.717, 1.165) is 51.4 Å². The Morgan fingerprint density at radius 1 is 0.769 bits per heavy atom. The van der Waals surface area contributed by atoms with E-state index in [1.807, 2.05) is 6.92 Å². The first-order valence-corrected chi connectivity index (χ1v) is 10.3. The van der Waals surface area contributed by atoms with Gasteiger partial charge in [0.15, 0.2) is 0 Å². The van der Waals surface area contributed by atoms with Gasteiger partial charge in [-0.1, -0.05) is 32.6 Å². The van der Waals surface area contributed by atoms with Gasteiger partial charge < -0.3 is 25.2 Å². The highest BCUT2D eigenvalue weighted by atomic mass is 16.5. The maximum absolute atomic E-state index is 11.2. The lowest BCUT2D eigenvalue weighted by molar-refractivity contribution is -0.144. The Morgan fingerprint density at radius 2 is 1.31 bits per heavy atom. The fourth-order valence-corrected chi connectivity index (χ4v) is 2.97. The lowest BCUT2D eigenvalue weighted by atomic mass is 10.00. The molecule has 0 bridgehead atoms. The first-order valence-electron chi connectivity index (χ1n) is 10.3. The number of aliphatic hydroxyl groups is 4. The summed E-state index contributed by atoms with van der Waals surface area (Å²) in [7, 11) is 0. The molecule has 156 valence electrons. The van der Waals surface area contributed by atoms with E-state index < -0.39 is 0 Å². The molecule has 0 spiro atoms. The predicted molar refractivity (Wildman–Crippen MR) is 102 cm³/mol. The van der Waals surface area contributed by atoms with Crippen molar-refractivity contribution in [3.63, 3.8) is 0 Å². The van der Waals surface area contributed by atoms with Gasteiger partial charge in [0.25, 0.3) is 0 Å². The number of esters is 1. The Bertz CT molecular complexity index is 323. The Balaban J connectivity index is 3.46. The predicted octanol–water partition coefficient (Wildman–Crippen LogP) is 2.70. The molecule has 6 heteroatoms. The van der Waals surface area contributed by atoms with Crippen LogP contribution in [0.1, 0.15) is 90.4 Å². The smallest absolute Gasteiger partial charge is 0.305 e. The standard InChI is InChI=1S/C20H40O6/c1-2-8-17(22)13-14-19(24)11-7-10-18(23)9-5-3-4-6-12-20(25)26-16-15-21/h17-19,21-24H,2-16H2,1H3. The number of unbranched alkanes of at least 4 members (excludes halogenated alkanes) is 3. The van der Waals surface area contributed by atoms with Gasteiger partial charge in [0, 0.05) is 6.42 Å². The van der Waals surface area contributed by atoms with Crippen LogP contribution in [0.2, 0.25) is 0 Å². The molecule has 0 aliphatic rings. The molecule has 6 nitrogen and oxygen atoms in total. The van der Waals surface area contributed by atoms with Crippen molar-refractivity contribution in [2.45, 2.75) is 109 Å². The second kappa shape index (κ2) is 17.7. The summed E-state index contributed by atoms with van der Waals surface area (Å²) in [5, 5.41) is 38.1. The van der Waals surface area contributed by atoms with E-state index in [-0.39, 0.29) is 37.5 Å². The number of hydrogen-bond acceptors (Lipinski definition) is 6. The van der Waals surface area contributed by atoms with Crippen LogP contribution in [0, 0.1) is 0 Å². The van der Waals surface area contributed by atoms with Crippen molar-refractivity contribution in [2.75, 3.05) is 13.2 Å². The number of carbonyl (C=O) groups is 1. The summed E-state index contributed by atoms with van der Waals surface area (Å²) in [6, 6.07) is 0. The molecule has 26 heavy (non-hydrogen) atoms. The molecule has 0 aromatic carbocycles. The molecule has 0 saturated carbocycles. The third kappa shape index (κ3) is 16.8. The van der Waals surface area contributed by atoms with Crippen molar-refractivity contribution in [2.24, 2.45) is 0 Å². The van der Waals surface area contributed by atoms with Crippen molar-refractivity contribution in [1.82, 2.24) is 0 Å². The summed E-state index contributed by atoms with van der Waals surface area (Å²) in [6.07, 6.45) is 8.88. The van der Waals surface area contributed by atoms with Crippen LogP contribution in [-0.2, 0) is 9.53 Å².